The van der Waals surface area contributed by atoms with Crippen LogP contribution in [0.4, 0.5) is 0 Å². The van der Waals surface area contributed by atoms with Gasteiger partial charge in [-0.05, 0) is 55.4 Å². The summed E-state index contributed by atoms with van der Waals surface area (Å²) in [6.07, 6.45) is 4.74. The predicted octanol–water partition coefficient (Wildman–Crippen LogP) is 1.37. The van der Waals surface area contributed by atoms with E-state index in [9.17, 15) is 18.0 Å². The molecule has 6 nitrogen and oxygen atoms in total. The number of hydrogen-bond acceptors (Lipinski definition) is 5. The van der Waals surface area contributed by atoms with E-state index in [2.05, 4.69) is 0 Å². The van der Waals surface area contributed by atoms with Gasteiger partial charge in [0.05, 0.1) is 17.1 Å². The van der Waals surface area contributed by atoms with Crippen molar-refractivity contribution in [2.24, 2.45) is 0 Å². The third-order valence-corrected chi connectivity index (χ3v) is 6.81. The number of carbonyl (C=O) groups excluding carboxylic acids is 2. The second-order valence-electron chi connectivity index (χ2n) is 6.83. The third kappa shape index (κ3) is 4.21. The molecule has 3 rings (SSSR count). The van der Waals surface area contributed by atoms with Crippen LogP contribution in [0, 0.1) is 0 Å². The number of nitrogens with zero attached hydrogens (tertiary/aromatic N) is 1. The zero-order valence-corrected chi connectivity index (χ0v) is 15.2. The van der Waals surface area contributed by atoms with Crippen LogP contribution in [0.1, 0.15) is 40.7 Å². The number of hydrogen-bond donors (Lipinski definition) is 0. The Balaban J connectivity index is 1.56. The summed E-state index contributed by atoms with van der Waals surface area (Å²) in [6, 6.07) is 5.22. The Morgan fingerprint density at radius 3 is 2.60 bits per heavy atom. The monoisotopic (exact) mass is 365 g/mol. The highest BCUT2D eigenvalue weighted by atomic mass is 32.2. The Bertz CT molecular complexity index is 787. The van der Waals surface area contributed by atoms with Crippen molar-refractivity contribution < 1.29 is 22.7 Å². The van der Waals surface area contributed by atoms with E-state index in [-0.39, 0.29) is 30.1 Å². The summed E-state index contributed by atoms with van der Waals surface area (Å²) in [5.74, 6) is -0.819. The van der Waals surface area contributed by atoms with Gasteiger partial charge in [-0.2, -0.15) is 0 Å². The van der Waals surface area contributed by atoms with Crippen LogP contribution in [0.25, 0.3) is 0 Å². The fraction of sp³-hybridized carbons (Fsp3) is 0.556. The average Bonchev–Trinajstić information content (AvgIpc) is 2.98. The molecule has 1 aliphatic carbocycles. The minimum Gasteiger partial charge on any atom is -0.452 e. The van der Waals surface area contributed by atoms with Crippen LogP contribution in [0.3, 0.4) is 0 Å². The van der Waals surface area contributed by atoms with Crippen molar-refractivity contribution in [3.05, 3.63) is 34.9 Å². The van der Waals surface area contributed by atoms with E-state index >= 15 is 0 Å². The molecule has 0 N–H and O–H groups in total. The van der Waals surface area contributed by atoms with Crippen LogP contribution in [0.2, 0.25) is 0 Å². The van der Waals surface area contributed by atoms with Gasteiger partial charge in [-0.15, -0.1) is 0 Å². The fourth-order valence-corrected chi connectivity index (χ4v) is 5.23. The SMILES string of the molecule is CN(C(=O)COC(=O)c1ccc2c(c1)CCCC2)[C@@H]1CCS(=O)(=O)C1. The molecule has 1 aliphatic heterocycles. The Morgan fingerprint density at radius 2 is 1.92 bits per heavy atom. The summed E-state index contributed by atoms with van der Waals surface area (Å²) >= 11 is 0. The Morgan fingerprint density at radius 1 is 1.20 bits per heavy atom. The molecular formula is C18H23NO5S. The number of carbonyl (C=O) groups is 2. The topological polar surface area (TPSA) is 80.8 Å². The van der Waals surface area contributed by atoms with Crippen LogP contribution >= 0.6 is 0 Å². The van der Waals surface area contributed by atoms with E-state index in [0.717, 1.165) is 19.3 Å². The molecule has 0 bridgehead atoms. The third-order valence-electron chi connectivity index (χ3n) is 5.06. The minimum atomic E-state index is -3.06. The standard InChI is InChI=1S/C18H23NO5S/c1-19(16-8-9-25(22,23)12-16)17(20)11-24-18(21)15-7-6-13-4-2-3-5-14(13)10-15/h6-7,10,16H,2-5,8-9,11-12H2,1H3/t16-/m1/s1. The van der Waals surface area contributed by atoms with Crippen LogP contribution < -0.4 is 0 Å². The summed E-state index contributed by atoms with van der Waals surface area (Å²) in [6.45, 7) is -0.372. The maximum absolute atomic E-state index is 12.2. The summed E-state index contributed by atoms with van der Waals surface area (Å²) in [4.78, 5) is 25.7. The van der Waals surface area contributed by atoms with Gasteiger partial charge in [-0.25, -0.2) is 13.2 Å². The number of ether oxygens (including phenoxy) is 1. The minimum absolute atomic E-state index is 0.0198. The van der Waals surface area contributed by atoms with Crippen molar-refractivity contribution in [1.82, 2.24) is 4.90 Å². The van der Waals surface area contributed by atoms with E-state index in [4.69, 9.17) is 4.74 Å². The lowest BCUT2D eigenvalue weighted by Gasteiger charge is -2.23. The second kappa shape index (κ2) is 7.15. The van der Waals surface area contributed by atoms with Gasteiger partial charge in [0.15, 0.2) is 16.4 Å². The van der Waals surface area contributed by atoms with Gasteiger partial charge < -0.3 is 9.64 Å². The van der Waals surface area contributed by atoms with Crippen LogP contribution in [0.15, 0.2) is 18.2 Å². The van der Waals surface area contributed by atoms with Gasteiger partial charge in [0.1, 0.15) is 0 Å². The first-order chi connectivity index (χ1) is 11.9. The zero-order valence-electron chi connectivity index (χ0n) is 14.4. The quantitative estimate of drug-likeness (QED) is 0.753. The van der Waals surface area contributed by atoms with Crippen molar-refractivity contribution in [3.8, 4) is 0 Å². The highest BCUT2D eigenvalue weighted by molar-refractivity contribution is 7.91. The Kier molecular flexibility index (Phi) is 5.13. The molecule has 0 unspecified atom stereocenters. The van der Waals surface area contributed by atoms with Gasteiger partial charge in [0.25, 0.3) is 5.91 Å². The molecule has 1 amide bonds. The smallest absolute Gasteiger partial charge is 0.338 e. The predicted molar refractivity (Wildman–Crippen MR) is 93.2 cm³/mol. The molecule has 0 spiro atoms. The highest BCUT2D eigenvalue weighted by Gasteiger charge is 2.33. The number of aryl methyl sites for hydroxylation is 2. The zero-order chi connectivity index (χ0) is 18.0. The average molecular weight is 365 g/mol. The molecule has 7 heteroatoms. The van der Waals surface area contributed by atoms with Crippen LogP contribution in [-0.4, -0.2) is 56.4 Å². The molecule has 1 saturated heterocycles. The Hall–Kier alpha value is -1.89. The number of esters is 1. The molecular weight excluding hydrogens is 342 g/mol. The molecule has 1 aromatic rings. The van der Waals surface area contributed by atoms with Crippen LogP contribution in [-0.2, 0) is 32.2 Å². The molecule has 1 atom stereocenters. The summed E-state index contributed by atoms with van der Waals surface area (Å²) in [7, 11) is -1.50. The van der Waals surface area contributed by atoms with E-state index in [0.29, 0.717) is 12.0 Å². The molecule has 1 aromatic carbocycles. The number of likely N-dealkylation sites (N-methyl/N-ethyl adjacent to an activating group) is 1. The molecule has 0 radical (unpaired) electrons. The number of rotatable bonds is 4. The van der Waals surface area contributed by atoms with E-state index in [1.54, 1.807) is 13.1 Å². The molecule has 0 aromatic heterocycles. The lowest BCUT2D eigenvalue weighted by Crippen LogP contribution is -2.40. The first-order valence-corrected chi connectivity index (χ1v) is 10.4. The summed E-state index contributed by atoms with van der Waals surface area (Å²) < 4.78 is 28.2. The number of amides is 1. The van der Waals surface area contributed by atoms with Crippen LogP contribution in [0.5, 0.6) is 0 Å². The molecule has 1 fully saturated rings. The molecule has 25 heavy (non-hydrogen) atoms. The number of sulfone groups is 1. The largest absolute Gasteiger partial charge is 0.452 e. The summed E-state index contributed by atoms with van der Waals surface area (Å²) in [5.41, 5.74) is 2.92. The van der Waals surface area contributed by atoms with Gasteiger partial charge in [0, 0.05) is 13.1 Å². The normalized spacial score (nSPS) is 21.4. The fourth-order valence-electron chi connectivity index (χ4n) is 3.46. The highest BCUT2D eigenvalue weighted by Crippen LogP contribution is 2.22. The van der Waals surface area contributed by atoms with Gasteiger partial charge in [-0.3, -0.25) is 4.79 Å². The van der Waals surface area contributed by atoms with E-state index in [1.165, 1.54) is 22.4 Å². The first kappa shape index (κ1) is 17.9. The van der Waals surface area contributed by atoms with Gasteiger partial charge in [-0.1, -0.05) is 6.07 Å². The number of benzene rings is 1. The number of fused-ring (bicyclic) bond motifs is 1. The van der Waals surface area contributed by atoms with Gasteiger partial charge in [0.2, 0.25) is 0 Å². The second-order valence-corrected chi connectivity index (χ2v) is 9.06. The molecule has 136 valence electrons. The van der Waals surface area contributed by atoms with Crippen molar-refractivity contribution in [1.29, 1.82) is 0 Å². The Labute approximate surface area is 148 Å². The van der Waals surface area contributed by atoms with E-state index in [1.807, 2.05) is 12.1 Å². The van der Waals surface area contributed by atoms with Crippen molar-refractivity contribution in [2.45, 2.75) is 38.1 Å². The lowest BCUT2D eigenvalue weighted by molar-refractivity contribution is -0.134. The molecule has 0 saturated carbocycles. The van der Waals surface area contributed by atoms with Crippen molar-refractivity contribution >= 4 is 21.7 Å². The molecule has 1 heterocycles. The van der Waals surface area contributed by atoms with E-state index < -0.39 is 15.8 Å². The maximum Gasteiger partial charge on any atom is 0.338 e. The molecule has 2 aliphatic rings. The summed E-state index contributed by atoms with van der Waals surface area (Å²) in [5, 5.41) is 0. The first-order valence-electron chi connectivity index (χ1n) is 8.61. The van der Waals surface area contributed by atoms with Gasteiger partial charge >= 0.3 is 5.97 Å². The maximum atomic E-state index is 12.2. The lowest BCUT2D eigenvalue weighted by atomic mass is 9.90. The van der Waals surface area contributed by atoms with Crippen molar-refractivity contribution in [2.75, 3.05) is 25.2 Å². The van der Waals surface area contributed by atoms with Crippen molar-refractivity contribution in [3.63, 3.8) is 0 Å².